The summed E-state index contributed by atoms with van der Waals surface area (Å²) in [7, 11) is 0. The second-order valence-corrected chi connectivity index (χ2v) is 4.62. The molecular formula is C13H21N3O. The fourth-order valence-electron chi connectivity index (χ4n) is 1.74. The Morgan fingerprint density at radius 3 is 2.71 bits per heavy atom. The number of anilines is 2. The van der Waals surface area contributed by atoms with Gasteiger partial charge in [0.05, 0.1) is 6.10 Å². The molecule has 1 aliphatic rings. The molecule has 0 radical (unpaired) electrons. The van der Waals surface area contributed by atoms with Crippen LogP contribution in [0.15, 0.2) is 18.2 Å². The van der Waals surface area contributed by atoms with E-state index >= 15 is 0 Å². The second kappa shape index (κ2) is 5.87. The molecule has 4 heteroatoms. The number of aliphatic hydroxyl groups excluding tert-OH is 1. The Morgan fingerprint density at radius 1 is 1.35 bits per heavy atom. The monoisotopic (exact) mass is 235 g/mol. The lowest BCUT2D eigenvalue weighted by molar-refractivity contribution is 0.164. The maximum atomic E-state index is 9.76. The molecule has 1 aromatic heterocycles. The van der Waals surface area contributed by atoms with Crippen molar-refractivity contribution in [2.24, 2.45) is 5.92 Å². The van der Waals surface area contributed by atoms with Crippen molar-refractivity contribution in [2.75, 3.05) is 23.7 Å². The van der Waals surface area contributed by atoms with Crippen LogP contribution in [0.5, 0.6) is 0 Å². The molecule has 4 nitrogen and oxygen atoms in total. The molecule has 1 aliphatic carbocycles. The Bertz CT molecular complexity index is 352. The molecule has 3 N–H and O–H groups in total. The van der Waals surface area contributed by atoms with Crippen LogP contribution in [-0.4, -0.2) is 29.3 Å². The molecule has 1 heterocycles. The topological polar surface area (TPSA) is 57.2 Å². The van der Waals surface area contributed by atoms with Crippen molar-refractivity contribution in [3.05, 3.63) is 18.2 Å². The summed E-state index contributed by atoms with van der Waals surface area (Å²) in [5.41, 5.74) is 0. The Kier molecular flexibility index (Phi) is 4.20. The van der Waals surface area contributed by atoms with Gasteiger partial charge in [-0.05, 0) is 37.3 Å². The maximum Gasteiger partial charge on any atom is 0.128 e. The number of nitrogens with zero attached hydrogens (tertiary/aromatic N) is 1. The Balaban J connectivity index is 1.82. The Labute approximate surface area is 102 Å². The first kappa shape index (κ1) is 12.2. The van der Waals surface area contributed by atoms with Crippen LogP contribution < -0.4 is 10.6 Å². The molecule has 0 aromatic carbocycles. The molecule has 0 spiro atoms. The predicted octanol–water partition coefficient (Wildman–Crippen LogP) is 2.09. The average Bonchev–Trinajstić information content (AvgIpc) is 3.18. The zero-order chi connectivity index (χ0) is 12.1. The maximum absolute atomic E-state index is 9.76. The average molecular weight is 235 g/mol. The van der Waals surface area contributed by atoms with Gasteiger partial charge >= 0.3 is 0 Å². The molecule has 94 valence electrons. The molecule has 1 unspecified atom stereocenters. The van der Waals surface area contributed by atoms with E-state index in [1.54, 1.807) is 0 Å². The van der Waals surface area contributed by atoms with Gasteiger partial charge in [-0.2, -0.15) is 0 Å². The van der Waals surface area contributed by atoms with Crippen molar-refractivity contribution < 1.29 is 5.11 Å². The summed E-state index contributed by atoms with van der Waals surface area (Å²) in [5, 5.41) is 16.2. The van der Waals surface area contributed by atoms with Gasteiger partial charge < -0.3 is 15.7 Å². The van der Waals surface area contributed by atoms with Crippen molar-refractivity contribution in [3.8, 4) is 0 Å². The van der Waals surface area contributed by atoms with Crippen LogP contribution in [0.3, 0.4) is 0 Å². The molecule has 17 heavy (non-hydrogen) atoms. The standard InChI is InChI=1S/C13H21N3O/c1-2-8-14-12-4-3-5-13(16-12)15-9-11(17)10-6-7-10/h3-5,10-11,17H,2,6-9H2,1H3,(H2,14,15,16). The van der Waals surface area contributed by atoms with Gasteiger partial charge in [0.1, 0.15) is 11.6 Å². The molecule has 1 aromatic rings. The third kappa shape index (κ3) is 3.89. The third-order valence-corrected chi connectivity index (χ3v) is 2.96. The molecule has 0 aliphatic heterocycles. The first-order valence-electron chi connectivity index (χ1n) is 6.42. The zero-order valence-electron chi connectivity index (χ0n) is 10.3. The van der Waals surface area contributed by atoms with E-state index in [1.165, 1.54) is 0 Å². The van der Waals surface area contributed by atoms with Gasteiger partial charge in [0.15, 0.2) is 0 Å². The minimum atomic E-state index is -0.232. The van der Waals surface area contributed by atoms with E-state index in [2.05, 4.69) is 22.5 Å². The number of pyridine rings is 1. The minimum Gasteiger partial charge on any atom is -0.391 e. The van der Waals surface area contributed by atoms with Crippen molar-refractivity contribution >= 4 is 11.6 Å². The van der Waals surface area contributed by atoms with Crippen molar-refractivity contribution in [2.45, 2.75) is 32.3 Å². The summed E-state index contributed by atoms with van der Waals surface area (Å²) in [5.74, 6) is 2.22. The normalized spacial score (nSPS) is 16.6. The summed E-state index contributed by atoms with van der Waals surface area (Å²) < 4.78 is 0. The van der Waals surface area contributed by atoms with Gasteiger partial charge in [0.2, 0.25) is 0 Å². The SMILES string of the molecule is CCCNc1cccc(NCC(O)C2CC2)n1. The fourth-order valence-corrected chi connectivity index (χ4v) is 1.74. The Hall–Kier alpha value is -1.29. The summed E-state index contributed by atoms with van der Waals surface area (Å²) in [6.45, 7) is 3.65. The summed E-state index contributed by atoms with van der Waals surface area (Å²) in [6, 6.07) is 5.85. The highest BCUT2D eigenvalue weighted by atomic mass is 16.3. The molecule has 1 fully saturated rings. The van der Waals surface area contributed by atoms with Crippen LogP contribution in [0.1, 0.15) is 26.2 Å². The highest BCUT2D eigenvalue weighted by molar-refractivity contribution is 5.45. The summed E-state index contributed by atoms with van der Waals surface area (Å²) in [4.78, 5) is 4.43. The van der Waals surface area contributed by atoms with Gasteiger partial charge in [-0.15, -0.1) is 0 Å². The largest absolute Gasteiger partial charge is 0.391 e. The van der Waals surface area contributed by atoms with E-state index in [-0.39, 0.29) is 6.10 Å². The van der Waals surface area contributed by atoms with Crippen LogP contribution in [0.25, 0.3) is 0 Å². The number of aromatic nitrogens is 1. The van der Waals surface area contributed by atoms with Crippen molar-refractivity contribution in [1.82, 2.24) is 4.98 Å². The van der Waals surface area contributed by atoms with Crippen molar-refractivity contribution in [3.63, 3.8) is 0 Å². The third-order valence-electron chi connectivity index (χ3n) is 2.96. The van der Waals surface area contributed by atoms with Crippen molar-refractivity contribution in [1.29, 1.82) is 0 Å². The Morgan fingerprint density at radius 2 is 2.06 bits per heavy atom. The molecule has 0 saturated heterocycles. The predicted molar refractivity (Wildman–Crippen MR) is 70.2 cm³/mol. The molecule has 2 rings (SSSR count). The van der Waals surface area contributed by atoms with Gasteiger partial charge in [-0.1, -0.05) is 13.0 Å². The lowest BCUT2D eigenvalue weighted by Crippen LogP contribution is -2.21. The fraction of sp³-hybridized carbons (Fsp3) is 0.615. The van der Waals surface area contributed by atoms with Crippen LogP contribution in [0.4, 0.5) is 11.6 Å². The lowest BCUT2D eigenvalue weighted by atomic mass is 10.2. The van der Waals surface area contributed by atoms with E-state index in [1.807, 2.05) is 18.2 Å². The lowest BCUT2D eigenvalue weighted by Gasteiger charge is -2.12. The van der Waals surface area contributed by atoms with Gasteiger partial charge in [-0.25, -0.2) is 4.98 Å². The van der Waals surface area contributed by atoms with Crippen LogP contribution in [-0.2, 0) is 0 Å². The molecule has 0 amide bonds. The smallest absolute Gasteiger partial charge is 0.128 e. The minimum absolute atomic E-state index is 0.232. The van der Waals surface area contributed by atoms with E-state index < -0.39 is 0 Å². The van der Waals surface area contributed by atoms with Gasteiger partial charge in [0.25, 0.3) is 0 Å². The highest BCUT2D eigenvalue weighted by Gasteiger charge is 2.29. The van der Waals surface area contributed by atoms with Gasteiger partial charge in [0, 0.05) is 13.1 Å². The molecule has 0 bridgehead atoms. The second-order valence-electron chi connectivity index (χ2n) is 4.62. The zero-order valence-corrected chi connectivity index (χ0v) is 10.3. The quantitative estimate of drug-likeness (QED) is 0.677. The molecule has 1 saturated carbocycles. The van der Waals surface area contributed by atoms with E-state index in [9.17, 15) is 5.11 Å². The number of nitrogens with one attached hydrogen (secondary N) is 2. The molecular weight excluding hydrogens is 214 g/mol. The van der Waals surface area contributed by atoms with Gasteiger partial charge in [-0.3, -0.25) is 0 Å². The van der Waals surface area contributed by atoms with E-state index in [4.69, 9.17) is 0 Å². The summed E-state index contributed by atoms with van der Waals surface area (Å²) in [6.07, 6.45) is 3.17. The number of hydrogen-bond donors (Lipinski definition) is 3. The van der Waals surface area contributed by atoms with Crippen LogP contribution in [0.2, 0.25) is 0 Å². The van der Waals surface area contributed by atoms with E-state index in [0.29, 0.717) is 12.5 Å². The number of aliphatic hydroxyl groups is 1. The first-order chi connectivity index (χ1) is 8.29. The van der Waals surface area contributed by atoms with Crippen LogP contribution in [0, 0.1) is 5.92 Å². The first-order valence-corrected chi connectivity index (χ1v) is 6.42. The number of hydrogen-bond acceptors (Lipinski definition) is 4. The molecule has 1 atom stereocenters. The van der Waals surface area contributed by atoms with Crippen LogP contribution >= 0.6 is 0 Å². The van der Waals surface area contributed by atoms with E-state index in [0.717, 1.165) is 37.4 Å². The number of rotatable bonds is 7. The summed E-state index contributed by atoms with van der Waals surface area (Å²) >= 11 is 0. The highest BCUT2D eigenvalue weighted by Crippen LogP contribution is 2.32.